The highest BCUT2D eigenvalue weighted by Gasteiger charge is 2.19. The van der Waals surface area contributed by atoms with E-state index in [1.54, 1.807) is 17.5 Å². The Hall–Kier alpha value is -2.01. The van der Waals surface area contributed by atoms with E-state index in [9.17, 15) is 0 Å². The minimum Gasteiger partial charge on any atom is -0.356 e. The Morgan fingerprint density at radius 1 is 1.17 bits per heavy atom. The fourth-order valence-electron chi connectivity index (χ4n) is 3.10. The molecule has 4 rings (SSSR count). The second-order valence-corrected chi connectivity index (χ2v) is 7.06. The molecular weight excluding hydrogens is 304 g/mol. The summed E-state index contributed by atoms with van der Waals surface area (Å²) in [7, 11) is 0. The Balaban J connectivity index is 1.88. The number of aromatic nitrogens is 3. The van der Waals surface area contributed by atoms with Crippen LogP contribution in [-0.2, 0) is 6.42 Å². The molecule has 0 amide bonds. The van der Waals surface area contributed by atoms with Crippen LogP contribution in [0.3, 0.4) is 0 Å². The van der Waals surface area contributed by atoms with Crippen molar-refractivity contribution in [2.75, 3.05) is 18.0 Å². The SMILES string of the molecule is CCc1cc2c(N3CCCCC3)nc(-c3cccnc3)nc2s1. The zero-order valence-electron chi connectivity index (χ0n) is 13.3. The van der Waals surface area contributed by atoms with Crippen LogP contribution >= 0.6 is 11.3 Å². The summed E-state index contributed by atoms with van der Waals surface area (Å²) in [6.45, 7) is 4.38. The van der Waals surface area contributed by atoms with Crippen LogP contribution in [0.4, 0.5) is 5.82 Å². The molecule has 4 heterocycles. The quantitative estimate of drug-likeness (QED) is 0.720. The van der Waals surface area contributed by atoms with E-state index in [2.05, 4.69) is 22.9 Å². The molecule has 0 radical (unpaired) electrons. The highest BCUT2D eigenvalue weighted by Crippen LogP contribution is 2.34. The van der Waals surface area contributed by atoms with Gasteiger partial charge in [0.15, 0.2) is 5.82 Å². The number of piperidine rings is 1. The third-order valence-electron chi connectivity index (χ3n) is 4.35. The molecule has 3 aromatic rings. The highest BCUT2D eigenvalue weighted by molar-refractivity contribution is 7.18. The van der Waals surface area contributed by atoms with E-state index in [1.807, 2.05) is 18.3 Å². The van der Waals surface area contributed by atoms with E-state index in [0.717, 1.165) is 41.5 Å². The third-order valence-corrected chi connectivity index (χ3v) is 5.52. The maximum absolute atomic E-state index is 4.92. The molecule has 0 atom stereocenters. The van der Waals surface area contributed by atoms with Gasteiger partial charge in [-0.05, 0) is 43.9 Å². The van der Waals surface area contributed by atoms with E-state index >= 15 is 0 Å². The van der Waals surface area contributed by atoms with Crippen LogP contribution in [-0.4, -0.2) is 28.0 Å². The predicted octanol–water partition coefficient (Wildman–Crippen LogP) is 4.31. The number of fused-ring (bicyclic) bond motifs is 1. The third kappa shape index (κ3) is 2.81. The number of nitrogens with zero attached hydrogens (tertiary/aromatic N) is 4. The molecule has 0 bridgehead atoms. The second kappa shape index (κ2) is 6.24. The largest absolute Gasteiger partial charge is 0.356 e. The number of aryl methyl sites for hydroxylation is 1. The fourth-order valence-corrected chi connectivity index (χ4v) is 4.06. The zero-order chi connectivity index (χ0) is 15.6. The van der Waals surface area contributed by atoms with Crippen LogP contribution < -0.4 is 4.90 Å². The first kappa shape index (κ1) is 14.6. The van der Waals surface area contributed by atoms with Gasteiger partial charge in [-0.2, -0.15) is 0 Å². The van der Waals surface area contributed by atoms with Crippen molar-refractivity contribution >= 4 is 27.4 Å². The minimum atomic E-state index is 0.788. The number of anilines is 1. The molecule has 4 nitrogen and oxygen atoms in total. The average molecular weight is 324 g/mol. The molecule has 3 aromatic heterocycles. The molecule has 1 aliphatic heterocycles. The average Bonchev–Trinajstić information content (AvgIpc) is 3.05. The summed E-state index contributed by atoms with van der Waals surface area (Å²) in [5.74, 6) is 1.89. The van der Waals surface area contributed by atoms with Crippen LogP contribution in [0.2, 0.25) is 0 Å². The monoisotopic (exact) mass is 324 g/mol. The van der Waals surface area contributed by atoms with Crippen LogP contribution in [0.1, 0.15) is 31.1 Å². The molecule has 5 heteroatoms. The molecule has 0 saturated carbocycles. The summed E-state index contributed by atoms with van der Waals surface area (Å²) < 4.78 is 0. The van der Waals surface area contributed by atoms with Gasteiger partial charge in [0.05, 0.1) is 5.39 Å². The smallest absolute Gasteiger partial charge is 0.164 e. The van der Waals surface area contributed by atoms with Gasteiger partial charge in [0, 0.05) is 35.9 Å². The number of hydrogen-bond acceptors (Lipinski definition) is 5. The fraction of sp³-hybridized carbons (Fsp3) is 0.389. The Morgan fingerprint density at radius 2 is 2.04 bits per heavy atom. The lowest BCUT2D eigenvalue weighted by Gasteiger charge is -2.28. The highest BCUT2D eigenvalue weighted by atomic mass is 32.1. The lowest BCUT2D eigenvalue weighted by Crippen LogP contribution is -2.30. The Morgan fingerprint density at radius 3 is 2.78 bits per heavy atom. The van der Waals surface area contributed by atoms with Crippen molar-refractivity contribution in [3.05, 3.63) is 35.5 Å². The van der Waals surface area contributed by atoms with Gasteiger partial charge in [-0.3, -0.25) is 4.98 Å². The molecule has 0 spiro atoms. The minimum absolute atomic E-state index is 0.788. The predicted molar refractivity (Wildman–Crippen MR) is 96.1 cm³/mol. The van der Waals surface area contributed by atoms with E-state index in [4.69, 9.17) is 9.97 Å². The van der Waals surface area contributed by atoms with E-state index in [1.165, 1.54) is 29.5 Å². The Bertz CT molecular complexity index is 807. The Labute approximate surface area is 140 Å². The zero-order valence-corrected chi connectivity index (χ0v) is 14.1. The summed E-state index contributed by atoms with van der Waals surface area (Å²) in [6.07, 6.45) is 8.49. The van der Waals surface area contributed by atoms with Crippen molar-refractivity contribution in [3.8, 4) is 11.4 Å². The normalized spacial score (nSPS) is 15.3. The first-order chi connectivity index (χ1) is 11.3. The van der Waals surface area contributed by atoms with Crippen LogP contribution in [0.5, 0.6) is 0 Å². The first-order valence-corrected chi connectivity index (χ1v) is 9.12. The topological polar surface area (TPSA) is 41.9 Å². The molecule has 0 unspecified atom stereocenters. The summed E-state index contributed by atoms with van der Waals surface area (Å²) >= 11 is 1.79. The molecule has 1 saturated heterocycles. The number of thiophene rings is 1. The van der Waals surface area contributed by atoms with Gasteiger partial charge in [0.25, 0.3) is 0 Å². The van der Waals surface area contributed by atoms with Gasteiger partial charge in [-0.1, -0.05) is 6.92 Å². The van der Waals surface area contributed by atoms with E-state index in [0.29, 0.717) is 0 Å². The van der Waals surface area contributed by atoms with Gasteiger partial charge in [-0.25, -0.2) is 9.97 Å². The van der Waals surface area contributed by atoms with Crippen molar-refractivity contribution in [2.24, 2.45) is 0 Å². The van der Waals surface area contributed by atoms with Crippen LogP contribution in [0.25, 0.3) is 21.6 Å². The van der Waals surface area contributed by atoms with E-state index in [-0.39, 0.29) is 0 Å². The molecule has 0 aromatic carbocycles. The molecule has 118 valence electrons. The van der Waals surface area contributed by atoms with E-state index < -0.39 is 0 Å². The van der Waals surface area contributed by atoms with Crippen LogP contribution in [0, 0.1) is 0 Å². The van der Waals surface area contributed by atoms with Crippen molar-refractivity contribution in [2.45, 2.75) is 32.6 Å². The first-order valence-electron chi connectivity index (χ1n) is 8.31. The summed E-state index contributed by atoms with van der Waals surface area (Å²) in [4.78, 5) is 18.8. The van der Waals surface area contributed by atoms with Crippen molar-refractivity contribution in [1.29, 1.82) is 0 Å². The Kier molecular flexibility index (Phi) is 3.95. The molecule has 1 fully saturated rings. The van der Waals surface area contributed by atoms with Crippen molar-refractivity contribution in [3.63, 3.8) is 0 Å². The number of hydrogen-bond donors (Lipinski definition) is 0. The summed E-state index contributed by atoms with van der Waals surface area (Å²) in [5, 5.41) is 1.21. The molecule has 0 N–H and O–H groups in total. The molecular formula is C18H20N4S. The molecule has 23 heavy (non-hydrogen) atoms. The summed E-state index contributed by atoms with van der Waals surface area (Å²) in [5.41, 5.74) is 0.985. The number of pyridine rings is 1. The van der Waals surface area contributed by atoms with Crippen molar-refractivity contribution < 1.29 is 0 Å². The molecule has 0 aliphatic carbocycles. The second-order valence-electron chi connectivity index (χ2n) is 5.95. The van der Waals surface area contributed by atoms with Gasteiger partial charge < -0.3 is 4.90 Å². The maximum Gasteiger partial charge on any atom is 0.164 e. The maximum atomic E-state index is 4.92. The number of rotatable bonds is 3. The lowest BCUT2D eigenvalue weighted by molar-refractivity contribution is 0.575. The van der Waals surface area contributed by atoms with Crippen molar-refractivity contribution in [1.82, 2.24) is 15.0 Å². The van der Waals surface area contributed by atoms with Gasteiger partial charge in [-0.15, -0.1) is 11.3 Å². The van der Waals surface area contributed by atoms with Gasteiger partial charge in [0.1, 0.15) is 10.6 Å². The standard InChI is InChI=1S/C18H20N4S/c1-2-14-11-15-17(22-9-4-3-5-10-22)20-16(21-18(15)23-14)13-7-6-8-19-12-13/h6-8,11-12H,2-5,9-10H2,1H3. The molecule has 1 aliphatic rings. The van der Waals surface area contributed by atoms with Crippen LogP contribution in [0.15, 0.2) is 30.6 Å². The van der Waals surface area contributed by atoms with Gasteiger partial charge >= 0.3 is 0 Å². The summed E-state index contributed by atoms with van der Waals surface area (Å²) in [6, 6.07) is 6.24. The lowest BCUT2D eigenvalue weighted by atomic mass is 10.1. The van der Waals surface area contributed by atoms with Gasteiger partial charge in [0.2, 0.25) is 0 Å².